The first-order valence-corrected chi connectivity index (χ1v) is 7.19. The van der Waals surface area contributed by atoms with Crippen molar-refractivity contribution >= 4 is 5.97 Å². The van der Waals surface area contributed by atoms with Crippen molar-refractivity contribution in [1.29, 1.82) is 0 Å². The SMILES string of the molecule is COCCOc1ccccc1CC(=O)OCc1ccccc1. The van der Waals surface area contributed by atoms with Crippen LogP contribution in [0.5, 0.6) is 5.75 Å². The first-order chi connectivity index (χ1) is 10.8. The normalized spacial score (nSPS) is 10.2. The summed E-state index contributed by atoms with van der Waals surface area (Å²) in [4.78, 5) is 12.0. The Morgan fingerprint density at radius 2 is 1.68 bits per heavy atom. The lowest BCUT2D eigenvalue weighted by atomic mass is 10.1. The third-order valence-electron chi connectivity index (χ3n) is 3.10. The summed E-state index contributed by atoms with van der Waals surface area (Å²) in [6.07, 6.45) is 0.190. The molecule has 0 bridgehead atoms. The second-order valence-corrected chi connectivity index (χ2v) is 4.77. The topological polar surface area (TPSA) is 44.8 Å². The Morgan fingerprint density at radius 1 is 0.955 bits per heavy atom. The molecule has 0 N–H and O–H groups in total. The largest absolute Gasteiger partial charge is 0.491 e. The first-order valence-electron chi connectivity index (χ1n) is 7.19. The van der Waals surface area contributed by atoms with E-state index in [9.17, 15) is 4.79 Å². The van der Waals surface area contributed by atoms with Crippen LogP contribution in [0.1, 0.15) is 11.1 Å². The van der Waals surface area contributed by atoms with Crippen molar-refractivity contribution in [3.63, 3.8) is 0 Å². The number of hydrogen-bond acceptors (Lipinski definition) is 4. The quantitative estimate of drug-likeness (QED) is 0.555. The molecule has 0 unspecified atom stereocenters. The minimum atomic E-state index is -0.272. The van der Waals surface area contributed by atoms with Crippen LogP contribution in [0.15, 0.2) is 54.6 Å². The fraction of sp³-hybridized carbons (Fsp3) is 0.278. The molecule has 0 aliphatic carbocycles. The standard InChI is InChI=1S/C18H20O4/c1-20-11-12-21-17-10-6-5-9-16(17)13-18(19)22-14-15-7-3-2-4-8-15/h2-10H,11-14H2,1H3. The Hall–Kier alpha value is -2.33. The van der Waals surface area contributed by atoms with Gasteiger partial charge >= 0.3 is 5.97 Å². The molecule has 0 aliphatic heterocycles. The van der Waals surface area contributed by atoms with E-state index in [1.54, 1.807) is 7.11 Å². The van der Waals surface area contributed by atoms with E-state index >= 15 is 0 Å². The molecule has 0 aromatic heterocycles. The smallest absolute Gasteiger partial charge is 0.310 e. The van der Waals surface area contributed by atoms with Crippen LogP contribution in [-0.4, -0.2) is 26.3 Å². The minimum absolute atomic E-state index is 0.190. The van der Waals surface area contributed by atoms with Crippen molar-refractivity contribution in [3.8, 4) is 5.75 Å². The van der Waals surface area contributed by atoms with Gasteiger partial charge in [0.15, 0.2) is 0 Å². The summed E-state index contributed by atoms with van der Waals surface area (Å²) >= 11 is 0. The van der Waals surface area contributed by atoms with Crippen LogP contribution in [0.2, 0.25) is 0 Å². The first kappa shape index (κ1) is 16.0. The Bertz CT molecular complexity index is 581. The lowest BCUT2D eigenvalue weighted by Crippen LogP contribution is -2.11. The molecular formula is C18H20O4. The van der Waals surface area contributed by atoms with Crippen LogP contribution in [0.25, 0.3) is 0 Å². The monoisotopic (exact) mass is 300 g/mol. The molecule has 0 fully saturated rings. The minimum Gasteiger partial charge on any atom is -0.491 e. The molecule has 0 spiro atoms. The number of carbonyl (C=O) groups is 1. The second kappa shape index (κ2) is 8.85. The third-order valence-corrected chi connectivity index (χ3v) is 3.10. The van der Waals surface area contributed by atoms with Gasteiger partial charge in [-0.3, -0.25) is 4.79 Å². The average molecular weight is 300 g/mol. The van der Waals surface area contributed by atoms with Gasteiger partial charge in [0, 0.05) is 12.7 Å². The van der Waals surface area contributed by atoms with Gasteiger partial charge in [-0.15, -0.1) is 0 Å². The third kappa shape index (κ3) is 5.22. The summed E-state index contributed by atoms with van der Waals surface area (Å²) in [5.41, 5.74) is 1.79. The van der Waals surface area contributed by atoms with Crippen LogP contribution >= 0.6 is 0 Å². The van der Waals surface area contributed by atoms with Gasteiger partial charge < -0.3 is 14.2 Å². The highest BCUT2D eigenvalue weighted by Gasteiger charge is 2.10. The van der Waals surface area contributed by atoms with E-state index in [0.29, 0.717) is 19.0 Å². The van der Waals surface area contributed by atoms with E-state index in [1.807, 2.05) is 54.6 Å². The molecular weight excluding hydrogens is 280 g/mol. The number of benzene rings is 2. The number of hydrogen-bond donors (Lipinski definition) is 0. The predicted octanol–water partition coefficient (Wildman–Crippen LogP) is 3.00. The Kier molecular flexibility index (Phi) is 6.45. The van der Waals surface area contributed by atoms with Gasteiger partial charge in [0.1, 0.15) is 19.0 Å². The molecule has 0 aliphatic rings. The number of carbonyl (C=O) groups excluding carboxylic acids is 1. The summed E-state index contributed by atoms with van der Waals surface area (Å²) in [7, 11) is 1.62. The van der Waals surface area contributed by atoms with Gasteiger partial charge in [0.2, 0.25) is 0 Å². The fourth-order valence-corrected chi connectivity index (χ4v) is 1.97. The number of para-hydroxylation sites is 1. The van der Waals surface area contributed by atoms with Crippen molar-refractivity contribution in [1.82, 2.24) is 0 Å². The van der Waals surface area contributed by atoms with Gasteiger partial charge in [-0.25, -0.2) is 0 Å². The zero-order valence-corrected chi connectivity index (χ0v) is 12.7. The summed E-state index contributed by atoms with van der Waals surface area (Å²) in [5, 5.41) is 0. The number of esters is 1. The van der Waals surface area contributed by atoms with Crippen LogP contribution in [-0.2, 0) is 27.3 Å². The van der Waals surface area contributed by atoms with Crippen molar-refractivity contribution in [2.45, 2.75) is 13.0 Å². The molecule has 0 saturated carbocycles. The molecule has 0 radical (unpaired) electrons. The Labute approximate surface area is 130 Å². The van der Waals surface area contributed by atoms with E-state index < -0.39 is 0 Å². The highest BCUT2D eigenvalue weighted by Crippen LogP contribution is 2.19. The van der Waals surface area contributed by atoms with E-state index in [1.165, 1.54) is 0 Å². The van der Waals surface area contributed by atoms with Crippen LogP contribution in [0, 0.1) is 0 Å². The number of rotatable bonds is 8. The molecule has 2 aromatic rings. The molecule has 4 heteroatoms. The van der Waals surface area contributed by atoms with Gasteiger partial charge in [-0.05, 0) is 11.6 Å². The van der Waals surface area contributed by atoms with Gasteiger partial charge in [0.05, 0.1) is 13.0 Å². The van der Waals surface area contributed by atoms with Crippen molar-refractivity contribution in [2.75, 3.05) is 20.3 Å². The number of methoxy groups -OCH3 is 1. The Balaban J connectivity index is 1.88. The van der Waals surface area contributed by atoms with E-state index in [2.05, 4.69) is 0 Å². The molecule has 0 heterocycles. The van der Waals surface area contributed by atoms with Gasteiger partial charge in [-0.1, -0.05) is 48.5 Å². The molecule has 0 saturated heterocycles. The summed E-state index contributed by atoms with van der Waals surface area (Å²) in [6.45, 7) is 1.24. The highest BCUT2D eigenvalue weighted by atomic mass is 16.5. The van der Waals surface area contributed by atoms with Gasteiger partial charge in [0.25, 0.3) is 0 Å². The van der Waals surface area contributed by atoms with Crippen LogP contribution < -0.4 is 4.74 Å². The molecule has 22 heavy (non-hydrogen) atoms. The average Bonchev–Trinajstić information content (AvgIpc) is 2.56. The number of ether oxygens (including phenoxy) is 3. The molecule has 116 valence electrons. The molecule has 0 amide bonds. The molecule has 4 nitrogen and oxygen atoms in total. The van der Waals surface area contributed by atoms with E-state index in [4.69, 9.17) is 14.2 Å². The maximum atomic E-state index is 12.0. The zero-order chi connectivity index (χ0) is 15.6. The van der Waals surface area contributed by atoms with Gasteiger partial charge in [-0.2, -0.15) is 0 Å². The van der Waals surface area contributed by atoms with Crippen molar-refractivity contribution in [3.05, 3.63) is 65.7 Å². The zero-order valence-electron chi connectivity index (χ0n) is 12.7. The van der Waals surface area contributed by atoms with E-state index in [0.717, 1.165) is 11.1 Å². The van der Waals surface area contributed by atoms with E-state index in [-0.39, 0.29) is 19.0 Å². The maximum Gasteiger partial charge on any atom is 0.310 e. The van der Waals surface area contributed by atoms with Crippen LogP contribution in [0.3, 0.4) is 0 Å². The highest BCUT2D eigenvalue weighted by molar-refractivity contribution is 5.73. The predicted molar refractivity (Wildman–Crippen MR) is 83.8 cm³/mol. The lowest BCUT2D eigenvalue weighted by molar-refractivity contribution is -0.144. The molecule has 2 rings (SSSR count). The summed E-state index contributed by atoms with van der Waals surface area (Å²) in [6, 6.07) is 17.1. The second-order valence-electron chi connectivity index (χ2n) is 4.77. The fourth-order valence-electron chi connectivity index (χ4n) is 1.97. The van der Waals surface area contributed by atoms with Crippen molar-refractivity contribution in [2.24, 2.45) is 0 Å². The maximum absolute atomic E-state index is 12.0. The summed E-state index contributed by atoms with van der Waals surface area (Å²) in [5.74, 6) is 0.419. The van der Waals surface area contributed by atoms with Crippen LogP contribution in [0.4, 0.5) is 0 Å². The summed E-state index contributed by atoms with van der Waals surface area (Å²) < 4.78 is 15.9. The molecule has 0 atom stereocenters. The lowest BCUT2D eigenvalue weighted by Gasteiger charge is -2.11. The van der Waals surface area contributed by atoms with Crippen molar-refractivity contribution < 1.29 is 19.0 Å². The molecule has 2 aromatic carbocycles. The Morgan fingerprint density at radius 3 is 2.45 bits per heavy atom.